The lowest BCUT2D eigenvalue weighted by Gasteiger charge is -2.14. The van der Waals surface area contributed by atoms with Gasteiger partial charge in [-0.25, -0.2) is 13.2 Å². The fourth-order valence-corrected chi connectivity index (χ4v) is 4.10. The number of methoxy groups -OCH3 is 1. The highest BCUT2D eigenvalue weighted by atomic mass is 32.2. The van der Waals surface area contributed by atoms with E-state index in [1.54, 1.807) is 38.1 Å². The Balaban J connectivity index is 2.25. The van der Waals surface area contributed by atoms with Gasteiger partial charge in [-0.05, 0) is 56.2 Å². The molecule has 0 heterocycles. The number of nitrogens with one attached hydrogen (secondary N) is 2. The Hall–Kier alpha value is -2.54. The second kappa shape index (κ2) is 6.92. The minimum Gasteiger partial charge on any atom is -0.453 e. The highest BCUT2D eigenvalue weighted by Gasteiger charge is 2.20. The van der Waals surface area contributed by atoms with Crippen molar-refractivity contribution in [1.82, 2.24) is 0 Å². The van der Waals surface area contributed by atoms with Gasteiger partial charge in [0.15, 0.2) is 0 Å². The number of carbonyl (C=O) groups excluding carboxylic acids is 1. The third kappa shape index (κ3) is 4.05. The molecule has 0 saturated carbocycles. The fraction of sp³-hybridized carbons (Fsp3) is 0.235. The molecule has 1 amide bonds. The summed E-state index contributed by atoms with van der Waals surface area (Å²) in [7, 11) is -2.43. The molecule has 0 radical (unpaired) electrons. The first kappa shape index (κ1) is 17.8. The maximum Gasteiger partial charge on any atom is 0.411 e. The lowest BCUT2D eigenvalue weighted by Crippen LogP contribution is -2.16. The Bertz CT molecular complexity index is 836. The number of hydrogen-bond donors (Lipinski definition) is 2. The first-order chi connectivity index (χ1) is 11.2. The van der Waals surface area contributed by atoms with E-state index in [4.69, 9.17) is 0 Å². The summed E-state index contributed by atoms with van der Waals surface area (Å²) in [4.78, 5) is 11.4. The van der Waals surface area contributed by atoms with Crippen LogP contribution in [0.3, 0.4) is 0 Å². The van der Waals surface area contributed by atoms with Crippen molar-refractivity contribution in [3.8, 4) is 0 Å². The number of rotatable bonds is 4. The highest BCUT2D eigenvalue weighted by molar-refractivity contribution is 7.92. The van der Waals surface area contributed by atoms with Crippen molar-refractivity contribution in [3.05, 3.63) is 53.1 Å². The molecule has 0 atom stereocenters. The standard InChI is InChI=1S/C17H20N2O4S/c1-11-9-12(2)16(13(3)10-11)24(21,22)19-15-7-5-14(6-8-15)18-17(20)23-4/h5-10,19H,1-4H3,(H,18,20). The van der Waals surface area contributed by atoms with Gasteiger partial charge in [0.05, 0.1) is 12.0 Å². The van der Waals surface area contributed by atoms with Gasteiger partial charge in [-0.2, -0.15) is 0 Å². The number of hydrogen-bond acceptors (Lipinski definition) is 4. The van der Waals surface area contributed by atoms with Crippen molar-refractivity contribution >= 4 is 27.5 Å². The Kier molecular flexibility index (Phi) is 5.14. The molecule has 2 rings (SSSR count). The van der Waals surface area contributed by atoms with E-state index >= 15 is 0 Å². The van der Waals surface area contributed by atoms with E-state index < -0.39 is 16.1 Å². The van der Waals surface area contributed by atoms with Crippen molar-refractivity contribution in [1.29, 1.82) is 0 Å². The molecule has 7 heteroatoms. The Morgan fingerprint density at radius 3 is 1.96 bits per heavy atom. The predicted molar refractivity (Wildman–Crippen MR) is 93.9 cm³/mol. The van der Waals surface area contributed by atoms with Gasteiger partial charge < -0.3 is 4.74 Å². The van der Waals surface area contributed by atoms with Crippen LogP contribution in [0.25, 0.3) is 0 Å². The molecule has 0 fully saturated rings. The normalized spacial score (nSPS) is 11.0. The minimum absolute atomic E-state index is 0.282. The minimum atomic E-state index is -3.69. The molecule has 6 nitrogen and oxygen atoms in total. The van der Waals surface area contributed by atoms with E-state index in [0.717, 1.165) is 5.56 Å². The van der Waals surface area contributed by atoms with Crippen LogP contribution < -0.4 is 10.0 Å². The molecule has 2 aromatic rings. The van der Waals surface area contributed by atoms with Crippen LogP contribution in [-0.4, -0.2) is 21.6 Å². The topological polar surface area (TPSA) is 84.5 Å². The zero-order valence-electron chi connectivity index (χ0n) is 14.0. The van der Waals surface area contributed by atoms with Gasteiger partial charge in [0, 0.05) is 11.4 Å². The number of sulfonamides is 1. The Morgan fingerprint density at radius 2 is 1.46 bits per heavy atom. The van der Waals surface area contributed by atoms with Gasteiger partial charge in [-0.15, -0.1) is 0 Å². The summed E-state index contributed by atoms with van der Waals surface area (Å²) in [6, 6.07) is 9.99. The summed E-state index contributed by atoms with van der Waals surface area (Å²) in [5.41, 5.74) is 3.33. The molecule has 0 saturated heterocycles. The third-order valence-electron chi connectivity index (χ3n) is 3.44. The molecular weight excluding hydrogens is 328 g/mol. The van der Waals surface area contributed by atoms with Gasteiger partial charge in [-0.3, -0.25) is 10.0 Å². The van der Waals surface area contributed by atoms with Gasteiger partial charge in [-0.1, -0.05) is 17.7 Å². The van der Waals surface area contributed by atoms with E-state index in [9.17, 15) is 13.2 Å². The van der Waals surface area contributed by atoms with Crippen LogP contribution in [-0.2, 0) is 14.8 Å². The second-order valence-corrected chi connectivity index (χ2v) is 7.15. The molecule has 0 aliphatic carbocycles. The number of aryl methyl sites for hydroxylation is 3. The first-order valence-electron chi connectivity index (χ1n) is 7.28. The summed E-state index contributed by atoms with van der Waals surface area (Å²) < 4.78 is 32.4. The number of anilines is 2. The van der Waals surface area contributed by atoms with Crippen LogP contribution in [0.15, 0.2) is 41.3 Å². The number of carbonyl (C=O) groups is 1. The molecule has 24 heavy (non-hydrogen) atoms. The van der Waals surface area contributed by atoms with E-state index in [1.807, 2.05) is 19.1 Å². The van der Waals surface area contributed by atoms with Gasteiger partial charge in [0.1, 0.15) is 0 Å². The summed E-state index contributed by atoms with van der Waals surface area (Å²) in [6.07, 6.45) is -0.589. The molecule has 0 bridgehead atoms. The van der Waals surface area contributed by atoms with Crippen molar-refractivity contribution in [3.63, 3.8) is 0 Å². The second-order valence-electron chi connectivity index (χ2n) is 5.53. The quantitative estimate of drug-likeness (QED) is 0.884. The zero-order valence-corrected chi connectivity index (χ0v) is 14.8. The van der Waals surface area contributed by atoms with E-state index in [1.165, 1.54) is 7.11 Å². The van der Waals surface area contributed by atoms with E-state index in [2.05, 4.69) is 14.8 Å². The van der Waals surface area contributed by atoms with Gasteiger partial charge in [0.2, 0.25) is 0 Å². The molecule has 0 aliphatic rings. The number of ether oxygens (including phenoxy) is 1. The van der Waals surface area contributed by atoms with Crippen LogP contribution in [0.4, 0.5) is 16.2 Å². The summed E-state index contributed by atoms with van der Waals surface area (Å²) >= 11 is 0. The van der Waals surface area contributed by atoms with Crippen molar-refractivity contribution < 1.29 is 17.9 Å². The maximum absolute atomic E-state index is 12.7. The molecule has 0 aromatic heterocycles. The van der Waals surface area contributed by atoms with Crippen LogP contribution in [0, 0.1) is 20.8 Å². The predicted octanol–water partition coefficient (Wildman–Crippen LogP) is 3.59. The van der Waals surface area contributed by atoms with Crippen molar-refractivity contribution in [2.45, 2.75) is 25.7 Å². The summed E-state index contributed by atoms with van der Waals surface area (Å²) in [5.74, 6) is 0. The average Bonchev–Trinajstić information content (AvgIpc) is 2.47. The molecule has 2 N–H and O–H groups in total. The largest absolute Gasteiger partial charge is 0.453 e. The highest BCUT2D eigenvalue weighted by Crippen LogP contribution is 2.25. The molecule has 0 aliphatic heterocycles. The Labute approximate surface area is 141 Å². The number of benzene rings is 2. The molecule has 0 unspecified atom stereocenters. The van der Waals surface area contributed by atoms with Gasteiger partial charge in [0.25, 0.3) is 10.0 Å². The molecular formula is C17H20N2O4S. The average molecular weight is 348 g/mol. The summed E-state index contributed by atoms with van der Waals surface area (Å²) in [6.45, 7) is 5.48. The van der Waals surface area contributed by atoms with Crippen molar-refractivity contribution in [2.24, 2.45) is 0 Å². The molecule has 0 spiro atoms. The summed E-state index contributed by atoms with van der Waals surface area (Å²) in [5, 5.41) is 2.50. The fourth-order valence-electron chi connectivity index (χ4n) is 2.59. The maximum atomic E-state index is 12.7. The lowest BCUT2D eigenvalue weighted by molar-refractivity contribution is 0.187. The lowest BCUT2D eigenvalue weighted by atomic mass is 10.1. The zero-order chi connectivity index (χ0) is 17.9. The smallest absolute Gasteiger partial charge is 0.411 e. The van der Waals surface area contributed by atoms with E-state index in [0.29, 0.717) is 22.5 Å². The number of amides is 1. The first-order valence-corrected chi connectivity index (χ1v) is 8.77. The molecule has 128 valence electrons. The van der Waals surface area contributed by atoms with Crippen molar-refractivity contribution in [2.75, 3.05) is 17.1 Å². The van der Waals surface area contributed by atoms with Crippen LogP contribution in [0.1, 0.15) is 16.7 Å². The third-order valence-corrected chi connectivity index (χ3v) is 5.13. The van der Waals surface area contributed by atoms with Gasteiger partial charge >= 0.3 is 6.09 Å². The Morgan fingerprint density at radius 1 is 0.958 bits per heavy atom. The van der Waals surface area contributed by atoms with E-state index in [-0.39, 0.29) is 4.90 Å². The van der Waals surface area contributed by atoms with Crippen LogP contribution >= 0.6 is 0 Å². The van der Waals surface area contributed by atoms with Crippen LogP contribution in [0.5, 0.6) is 0 Å². The SMILES string of the molecule is COC(=O)Nc1ccc(NS(=O)(=O)c2c(C)cc(C)cc2C)cc1. The van der Waals surface area contributed by atoms with Crippen LogP contribution in [0.2, 0.25) is 0 Å². The molecule has 2 aromatic carbocycles. The monoisotopic (exact) mass is 348 g/mol.